The van der Waals surface area contributed by atoms with Crippen molar-refractivity contribution in [1.29, 1.82) is 0 Å². The Morgan fingerprint density at radius 3 is 2.11 bits per heavy atom. The van der Waals surface area contributed by atoms with Gasteiger partial charge in [0.2, 0.25) is 5.88 Å². The van der Waals surface area contributed by atoms with E-state index in [1.807, 2.05) is 71.6 Å². The summed E-state index contributed by atoms with van der Waals surface area (Å²) in [7, 11) is 1.53. The maximum Gasteiger partial charge on any atom is 0.257 e. The lowest BCUT2D eigenvalue weighted by atomic mass is 9.89. The number of pyridine rings is 1. The second-order valence-corrected chi connectivity index (χ2v) is 9.17. The number of anilines is 1. The second kappa shape index (κ2) is 11.6. The smallest absolute Gasteiger partial charge is 0.257 e. The average molecular weight is 508 g/mol. The van der Waals surface area contributed by atoms with Crippen LogP contribution in [-0.4, -0.2) is 41.9 Å². The van der Waals surface area contributed by atoms with Gasteiger partial charge in [-0.25, -0.2) is 4.98 Å². The lowest BCUT2D eigenvalue weighted by Crippen LogP contribution is -2.37. The Morgan fingerprint density at radius 2 is 1.47 bits per heavy atom. The molecule has 5 rings (SSSR count). The quantitative estimate of drug-likeness (QED) is 0.324. The number of para-hydroxylation sites is 1. The van der Waals surface area contributed by atoms with E-state index in [1.165, 1.54) is 18.9 Å². The largest absolute Gasteiger partial charge is 0.481 e. The second-order valence-electron chi connectivity index (χ2n) is 9.17. The highest BCUT2D eigenvalue weighted by Crippen LogP contribution is 2.30. The summed E-state index contributed by atoms with van der Waals surface area (Å²) in [4.78, 5) is 31.5. The fraction of sp³-hybridized carbons (Fsp3) is 0.194. The molecule has 192 valence electrons. The number of hydrogen-bond donors (Lipinski definition) is 1. The molecule has 7 nitrogen and oxygen atoms in total. The molecule has 1 saturated heterocycles. The molecule has 0 bridgehead atoms. The number of amides is 2. The van der Waals surface area contributed by atoms with Crippen molar-refractivity contribution in [3.05, 3.63) is 114 Å². The first-order valence-corrected chi connectivity index (χ1v) is 12.6. The highest BCUT2D eigenvalue weighted by molar-refractivity contribution is 6.04. The van der Waals surface area contributed by atoms with Crippen LogP contribution in [0.5, 0.6) is 17.4 Å². The number of likely N-dealkylation sites (tertiary alicyclic amines) is 1. The van der Waals surface area contributed by atoms with Crippen LogP contribution in [0.2, 0.25) is 0 Å². The summed E-state index contributed by atoms with van der Waals surface area (Å²) in [6, 6.07) is 28.2. The summed E-state index contributed by atoms with van der Waals surface area (Å²) in [5.41, 5.74) is 3.06. The highest BCUT2D eigenvalue weighted by atomic mass is 16.5. The SMILES string of the molecule is COc1ccc(C(=O)Nc2ccc(C3CCN(C(=O)c4ccc(Oc5ccccc5)cc4)CC3)cc2)cn1. The van der Waals surface area contributed by atoms with Crippen molar-refractivity contribution in [2.75, 3.05) is 25.5 Å². The molecule has 0 radical (unpaired) electrons. The Labute approximate surface area is 222 Å². The van der Waals surface area contributed by atoms with Gasteiger partial charge >= 0.3 is 0 Å². The maximum atomic E-state index is 13.0. The molecule has 0 atom stereocenters. The van der Waals surface area contributed by atoms with Crippen LogP contribution in [-0.2, 0) is 0 Å². The number of methoxy groups -OCH3 is 1. The van der Waals surface area contributed by atoms with Gasteiger partial charge < -0.3 is 19.7 Å². The minimum Gasteiger partial charge on any atom is -0.481 e. The van der Waals surface area contributed by atoms with Crippen LogP contribution < -0.4 is 14.8 Å². The van der Waals surface area contributed by atoms with E-state index >= 15 is 0 Å². The molecule has 0 aliphatic carbocycles. The van der Waals surface area contributed by atoms with Crippen molar-refractivity contribution in [1.82, 2.24) is 9.88 Å². The van der Waals surface area contributed by atoms with Crippen LogP contribution in [0.4, 0.5) is 5.69 Å². The normalized spacial score (nSPS) is 13.6. The fourth-order valence-electron chi connectivity index (χ4n) is 4.57. The summed E-state index contributed by atoms with van der Waals surface area (Å²) >= 11 is 0. The molecular formula is C31H29N3O4. The first-order chi connectivity index (χ1) is 18.6. The molecule has 1 aliphatic heterocycles. The summed E-state index contributed by atoms with van der Waals surface area (Å²) in [5, 5.41) is 2.90. The molecule has 38 heavy (non-hydrogen) atoms. The van der Waals surface area contributed by atoms with Gasteiger partial charge in [0.05, 0.1) is 12.7 Å². The predicted octanol–water partition coefficient (Wildman–Crippen LogP) is 6.15. The van der Waals surface area contributed by atoms with E-state index in [0.717, 1.165) is 24.3 Å². The van der Waals surface area contributed by atoms with E-state index in [9.17, 15) is 9.59 Å². The Kier molecular flexibility index (Phi) is 7.64. The van der Waals surface area contributed by atoms with E-state index in [2.05, 4.69) is 22.4 Å². The third kappa shape index (κ3) is 6.00. The number of aromatic nitrogens is 1. The third-order valence-corrected chi connectivity index (χ3v) is 6.71. The van der Waals surface area contributed by atoms with Crippen molar-refractivity contribution in [3.8, 4) is 17.4 Å². The van der Waals surface area contributed by atoms with Gasteiger partial charge in [-0.3, -0.25) is 9.59 Å². The summed E-state index contributed by atoms with van der Waals surface area (Å²) < 4.78 is 10.9. The van der Waals surface area contributed by atoms with Gasteiger partial charge in [-0.1, -0.05) is 30.3 Å². The molecule has 4 aromatic rings. The van der Waals surface area contributed by atoms with Gasteiger partial charge in [-0.2, -0.15) is 0 Å². The molecule has 2 heterocycles. The topological polar surface area (TPSA) is 80.8 Å². The number of nitrogens with zero attached hydrogens (tertiary/aromatic N) is 2. The molecule has 2 amide bonds. The highest BCUT2D eigenvalue weighted by Gasteiger charge is 2.24. The lowest BCUT2D eigenvalue weighted by Gasteiger charge is -2.32. The number of rotatable bonds is 7. The summed E-state index contributed by atoms with van der Waals surface area (Å²) in [5.74, 6) is 2.12. The monoisotopic (exact) mass is 507 g/mol. The van der Waals surface area contributed by atoms with Crippen LogP contribution in [0.15, 0.2) is 97.2 Å². The maximum absolute atomic E-state index is 13.0. The Balaban J connectivity index is 1.12. The Hall–Kier alpha value is -4.65. The fourth-order valence-corrected chi connectivity index (χ4v) is 4.57. The third-order valence-electron chi connectivity index (χ3n) is 6.71. The van der Waals surface area contributed by atoms with E-state index in [4.69, 9.17) is 9.47 Å². The van der Waals surface area contributed by atoms with Crippen molar-refractivity contribution in [2.45, 2.75) is 18.8 Å². The standard InChI is InChI=1S/C31H29N3O4/c1-37-29-16-11-25(21-32-29)30(35)33-26-12-7-22(8-13-26)23-17-19-34(20-18-23)31(36)24-9-14-28(15-10-24)38-27-5-3-2-4-6-27/h2-16,21,23H,17-20H2,1H3,(H,33,35). The predicted molar refractivity (Wildman–Crippen MR) is 146 cm³/mol. The first-order valence-electron chi connectivity index (χ1n) is 12.6. The zero-order valence-electron chi connectivity index (χ0n) is 21.2. The van der Waals surface area contributed by atoms with Crippen LogP contribution in [0.25, 0.3) is 0 Å². The van der Waals surface area contributed by atoms with Crippen LogP contribution >= 0.6 is 0 Å². The molecule has 7 heteroatoms. The Morgan fingerprint density at radius 1 is 0.816 bits per heavy atom. The molecule has 1 aliphatic rings. The molecule has 1 N–H and O–H groups in total. The summed E-state index contributed by atoms with van der Waals surface area (Å²) in [6.45, 7) is 1.41. The zero-order chi connectivity index (χ0) is 26.3. The zero-order valence-corrected chi connectivity index (χ0v) is 21.2. The van der Waals surface area contributed by atoms with Gasteiger partial charge in [0.15, 0.2) is 0 Å². The minimum absolute atomic E-state index is 0.0424. The molecule has 3 aromatic carbocycles. The average Bonchev–Trinajstić information content (AvgIpc) is 2.98. The molecule has 0 unspecified atom stereocenters. The van der Waals surface area contributed by atoms with E-state index < -0.39 is 0 Å². The van der Waals surface area contributed by atoms with Crippen LogP contribution in [0.1, 0.15) is 45.0 Å². The number of carbonyl (C=O) groups is 2. The number of hydrogen-bond acceptors (Lipinski definition) is 5. The first kappa shape index (κ1) is 25.0. The number of piperidine rings is 1. The summed E-state index contributed by atoms with van der Waals surface area (Å²) in [6.07, 6.45) is 3.28. The number of benzene rings is 3. The van der Waals surface area contributed by atoms with Crippen molar-refractivity contribution in [2.24, 2.45) is 0 Å². The van der Waals surface area contributed by atoms with Gasteiger partial charge in [-0.15, -0.1) is 0 Å². The molecule has 1 fully saturated rings. The van der Waals surface area contributed by atoms with Crippen LogP contribution in [0, 0.1) is 0 Å². The number of carbonyl (C=O) groups excluding carboxylic acids is 2. The minimum atomic E-state index is -0.223. The van der Waals surface area contributed by atoms with Crippen LogP contribution in [0.3, 0.4) is 0 Å². The molecule has 0 saturated carbocycles. The van der Waals surface area contributed by atoms with E-state index in [-0.39, 0.29) is 11.8 Å². The molecular weight excluding hydrogens is 478 g/mol. The van der Waals surface area contributed by atoms with Crippen molar-refractivity contribution < 1.29 is 19.1 Å². The molecule has 1 aromatic heterocycles. The van der Waals surface area contributed by atoms with E-state index in [1.54, 1.807) is 12.1 Å². The van der Waals surface area contributed by atoms with Gasteiger partial charge in [0, 0.05) is 36.6 Å². The van der Waals surface area contributed by atoms with E-state index in [0.29, 0.717) is 41.8 Å². The van der Waals surface area contributed by atoms with Gasteiger partial charge in [0.25, 0.3) is 11.8 Å². The van der Waals surface area contributed by atoms with Gasteiger partial charge in [0.1, 0.15) is 11.5 Å². The number of nitrogens with one attached hydrogen (secondary N) is 1. The molecule has 0 spiro atoms. The van der Waals surface area contributed by atoms with Gasteiger partial charge in [-0.05, 0) is 78.9 Å². The van der Waals surface area contributed by atoms with Crippen molar-refractivity contribution in [3.63, 3.8) is 0 Å². The Bertz CT molecular complexity index is 1360. The lowest BCUT2D eigenvalue weighted by molar-refractivity contribution is 0.0713. The number of ether oxygens (including phenoxy) is 2. The van der Waals surface area contributed by atoms with Crippen molar-refractivity contribution >= 4 is 17.5 Å².